The lowest BCUT2D eigenvalue weighted by Gasteiger charge is -2.10. The number of aryl methyl sites for hydroxylation is 2. The molecule has 0 saturated carbocycles. The Kier molecular flexibility index (Phi) is 6.25. The maximum atomic E-state index is 11.8. The minimum Gasteiger partial charge on any atom is -0.504 e. The van der Waals surface area contributed by atoms with Crippen molar-refractivity contribution >= 4 is 23.7 Å². The highest BCUT2D eigenvalue weighted by Gasteiger charge is 2.09. The topological polar surface area (TPSA) is 80.2 Å². The third-order valence-corrected chi connectivity index (χ3v) is 3.66. The van der Waals surface area contributed by atoms with Crippen molar-refractivity contribution in [1.29, 1.82) is 0 Å². The Labute approximate surface area is 151 Å². The van der Waals surface area contributed by atoms with E-state index in [0.717, 1.165) is 11.1 Å². The molecule has 0 atom stereocenters. The van der Waals surface area contributed by atoms with Gasteiger partial charge in [-0.2, -0.15) is 5.10 Å². The Balaban J connectivity index is 1.96. The number of hydrogen-bond acceptors (Lipinski definition) is 5. The summed E-state index contributed by atoms with van der Waals surface area (Å²) < 4.78 is 10.5. The molecule has 6 nitrogen and oxygen atoms in total. The summed E-state index contributed by atoms with van der Waals surface area (Å²) in [5, 5.41) is 14.2. The second kappa shape index (κ2) is 8.39. The van der Waals surface area contributed by atoms with E-state index in [9.17, 15) is 9.90 Å². The van der Waals surface area contributed by atoms with Gasteiger partial charge in [0.25, 0.3) is 5.91 Å². The molecule has 0 spiro atoms. The summed E-state index contributed by atoms with van der Waals surface area (Å²) >= 11 is 5.93. The van der Waals surface area contributed by atoms with E-state index in [0.29, 0.717) is 16.3 Å². The van der Waals surface area contributed by atoms with Crippen molar-refractivity contribution in [3.05, 3.63) is 52.0 Å². The zero-order valence-corrected chi connectivity index (χ0v) is 14.9. The standard InChI is InChI=1S/C18H19ClN2O4/c1-11-5-4-6-12(2)18(11)25-10-16(22)21-20-9-13-7-14(19)8-15(24-3)17(13)23/h4-9,23H,10H2,1-3H3,(H,21,22)/b20-9-. The smallest absolute Gasteiger partial charge is 0.277 e. The van der Waals surface area contributed by atoms with Crippen molar-refractivity contribution in [3.63, 3.8) is 0 Å². The van der Waals surface area contributed by atoms with Gasteiger partial charge in [0.05, 0.1) is 13.3 Å². The molecule has 0 fully saturated rings. The van der Waals surface area contributed by atoms with Gasteiger partial charge in [-0.25, -0.2) is 5.43 Å². The molecule has 0 unspecified atom stereocenters. The van der Waals surface area contributed by atoms with Gasteiger partial charge >= 0.3 is 0 Å². The van der Waals surface area contributed by atoms with Crippen molar-refractivity contribution < 1.29 is 19.4 Å². The first-order valence-corrected chi connectivity index (χ1v) is 7.87. The fourth-order valence-corrected chi connectivity index (χ4v) is 2.44. The van der Waals surface area contributed by atoms with Crippen molar-refractivity contribution in [2.24, 2.45) is 5.10 Å². The third-order valence-electron chi connectivity index (χ3n) is 3.44. The number of hydrogen-bond donors (Lipinski definition) is 2. The van der Waals surface area contributed by atoms with Crippen LogP contribution in [0.2, 0.25) is 5.02 Å². The highest BCUT2D eigenvalue weighted by Crippen LogP contribution is 2.32. The number of amides is 1. The number of ether oxygens (including phenoxy) is 2. The van der Waals surface area contributed by atoms with Gasteiger partial charge in [-0.15, -0.1) is 0 Å². The molecule has 0 bridgehead atoms. The number of para-hydroxylation sites is 1. The molecule has 0 aliphatic carbocycles. The molecule has 132 valence electrons. The molecule has 0 heterocycles. The van der Waals surface area contributed by atoms with E-state index in [4.69, 9.17) is 21.1 Å². The Hall–Kier alpha value is -2.73. The lowest BCUT2D eigenvalue weighted by Crippen LogP contribution is -2.25. The van der Waals surface area contributed by atoms with Gasteiger partial charge in [-0.1, -0.05) is 29.8 Å². The first-order chi connectivity index (χ1) is 11.9. The monoisotopic (exact) mass is 362 g/mol. The number of carbonyl (C=O) groups excluding carboxylic acids is 1. The van der Waals surface area contributed by atoms with E-state index in [1.54, 1.807) is 0 Å². The van der Waals surface area contributed by atoms with Crippen LogP contribution in [-0.4, -0.2) is 30.9 Å². The average Bonchev–Trinajstić information content (AvgIpc) is 2.57. The van der Waals surface area contributed by atoms with E-state index >= 15 is 0 Å². The number of carbonyl (C=O) groups is 1. The number of hydrazone groups is 1. The second-order valence-corrected chi connectivity index (χ2v) is 5.79. The van der Waals surface area contributed by atoms with Crippen LogP contribution in [-0.2, 0) is 4.79 Å². The molecule has 0 saturated heterocycles. The lowest BCUT2D eigenvalue weighted by atomic mass is 10.1. The molecule has 1 amide bonds. The van der Waals surface area contributed by atoms with Crippen LogP contribution in [0.25, 0.3) is 0 Å². The highest BCUT2D eigenvalue weighted by molar-refractivity contribution is 6.31. The maximum Gasteiger partial charge on any atom is 0.277 e. The SMILES string of the molecule is COc1cc(Cl)cc(/C=N\NC(=O)COc2c(C)cccc2C)c1O. The van der Waals surface area contributed by atoms with Gasteiger partial charge in [-0.3, -0.25) is 4.79 Å². The minimum absolute atomic E-state index is 0.114. The number of benzene rings is 2. The van der Waals surface area contributed by atoms with Crippen molar-refractivity contribution in [1.82, 2.24) is 5.43 Å². The molecule has 0 aliphatic heterocycles. The zero-order chi connectivity index (χ0) is 18.4. The van der Waals surface area contributed by atoms with Crippen LogP contribution in [0.5, 0.6) is 17.2 Å². The predicted molar refractivity (Wildman–Crippen MR) is 96.8 cm³/mol. The third kappa shape index (κ3) is 4.87. The van der Waals surface area contributed by atoms with Gasteiger partial charge < -0.3 is 14.6 Å². The van der Waals surface area contributed by atoms with Gasteiger partial charge in [0, 0.05) is 16.7 Å². The van der Waals surface area contributed by atoms with E-state index < -0.39 is 5.91 Å². The minimum atomic E-state index is -0.424. The van der Waals surface area contributed by atoms with Crippen molar-refractivity contribution in [2.45, 2.75) is 13.8 Å². The number of nitrogens with one attached hydrogen (secondary N) is 1. The summed E-state index contributed by atoms with van der Waals surface area (Å²) in [4.78, 5) is 11.8. The number of rotatable bonds is 6. The van der Waals surface area contributed by atoms with Gasteiger partial charge in [0.15, 0.2) is 18.1 Å². The van der Waals surface area contributed by atoms with Crippen LogP contribution in [0.4, 0.5) is 0 Å². The summed E-state index contributed by atoms with van der Waals surface area (Å²) in [5.74, 6) is 0.363. The molecule has 7 heteroatoms. The molecule has 2 N–H and O–H groups in total. The normalized spacial score (nSPS) is 10.7. The van der Waals surface area contributed by atoms with Gasteiger partial charge in [-0.05, 0) is 31.0 Å². The van der Waals surface area contributed by atoms with Crippen LogP contribution < -0.4 is 14.9 Å². The average molecular weight is 363 g/mol. The zero-order valence-electron chi connectivity index (χ0n) is 14.2. The van der Waals surface area contributed by atoms with Crippen molar-refractivity contribution in [2.75, 3.05) is 13.7 Å². The number of nitrogens with zero attached hydrogens (tertiary/aromatic N) is 1. The number of methoxy groups -OCH3 is 1. The number of phenolic OH excluding ortho intramolecular Hbond substituents is 1. The number of phenols is 1. The molecule has 0 aromatic heterocycles. The molecule has 0 radical (unpaired) electrons. The van der Waals surface area contributed by atoms with E-state index in [2.05, 4.69) is 10.5 Å². The van der Waals surface area contributed by atoms with Crippen LogP contribution in [0.1, 0.15) is 16.7 Å². The number of aromatic hydroxyl groups is 1. The predicted octanol–water partition coefficient (Wildman–Crippen LogP) is 3.20. The summed E-state index contributed by atoms with van der Waals surface area (Å²) in [6.45, 7) is 3.65. The summed E-state index contributed by atoms with van der Waals surface area (Å²) in [6, 6.07) is 8.72. The largest absolute Gasteiger partial charge is 0.504 e. The molecular formula is C18H19ClN2O4. The van der Waals surface area contributed by atoms with Crippen LogP contribution in [0.15, 0.2) is 35.4 Å². The Bertz CT molecular complexity index is 786. The van der Waals surface area contributed by atoms with Crippen molar-refractivity contribution in [3.8, 4) is 17.2 Å². The van der Waals surface area contributed by atoms with Gasteiger partial charge in [0.1, 0.15) is 5.75 Å². The molecule has 2 aromatic rings. The van der Waals surface area contributed by atoms with Crippen LogP contribution >= 0.6 is 11.6 Å². The van der Waals surface area contributed by atoms with Gasteiger partial charge in [0.2, 0.25) is 0 Å². The van der Waals surface area contributed by atoms with Crippen LogP contribution in [0.3, 0.4) is 0 Å². The fourth-order valence-electron chi connectivity index (χ4n) is 2.22. The summed E-state index contributed by atoms with van der Waals surface area (Å²) in [7, 11) is 1.42. The maximum absolute atomic E-state index is 11.8. The summed E-state index contributed by atoms with van der Waals surface area (Å²) in [6.07, 6.45) is 1.28. The Morgan fingerprint density at radius 1 is 1.32 bits per heavy atom. The van der Waals surface area contributed by atoms with E-state index in [-0.39, 0.29) is 18.1 Å². The lowest BCUT2D eigenvalue weighted by molar-refractivity contribution is -0.123. The first kappa shape index (κ1) is 18.6. The first-order valence-electron chi connectivity index (χ1n) is 7.49. The number of halogens is 1. The highest BCUT2D eigenvalue weighted by atomic mass is 35.5. The second-order valence-electron chi connectivity index (χ2n) is 5.35. The van der Waals surface area contributed by atoms with E-state index in [1.165, 1.54) is 25.5 Å². The fraction of sp³-hybridized carbons (Fsp3) is 0.222. The van der Waals surface area contributed by atoms with E-state index in [1.807, 2.05) is 32.0 Å². The summed E-state index contributed by atoms with van der Waals surface area (Å²) in [5.41, 5.74) is 4.56. The van der Waals surface area contributed by atoms with Crippen LogP contribution in [0, 0.1) is 13.8 Å². The Morgan fingerprint density at radius 3 is 2.64 bits per heavy atom. The molecular weight excluding hydrogens is 344 g/mol. The molecule has 25 heavy (non-hydrogen) atoms. The molecule has 2 aromatic carbocycles. The molecule has 2 rings (SSSR count). The quantitative estimate of drug-likeness (QED) is 0.611. The Morgan fingerprint density at radius 2 is 2.00 bits per heavy atom. The molecule has 0 aliphatic rings.